The minimum absolute atomic E-state index is 0.0235. The number of methoxy groups -OCH3 is 1. The third kappa shape index (κ3) is 4.30. The summed E-state index contributed by atoms with van der Waals surface area (Å²) in [5.74, 6) is -1.86. The van der Waals surface area contributed by atoms with Crippen LogP contribution in [-0.2, 0) is 9.53 Å². The second kappa shape index (κ2) is 9.87. The number of carbonyl (C=O) groups is 2. The zero-order valence-corrected chi connectivity index (χ0v) is 23.1. The Balaban J connectivity index is 1.26. The normalized spacial score (nSPS) is 23.5. The van der Waals surface area contributed by atoms with E-state index in [-0.39, 0.29) is 35.9 Å². The van der Waals surface area contributed by atoms with Gasteiger partial charge < -0.3 is 19.6 Å². The molecule has 4 atom stereocenters. The predicted octanol–water partition coefficient (Wildman–Crippen LogP) is 4.79. The Morgan fingerprint density at radius 2 is 1.81 bits per heavy atom. The molecular formula is C31H29F2N5O4. The highest BCUT2D eigenvalue weighted by atomic mass is 19.1. The molecule has 1 unspecified atom stereocenters. The molecule has 1 N–H and O–H groups in total. The van der Waals surface area contributed by atoms with E-state index in [9.17, 15) is 14.7 Å². The standard InChI is InChI=1S/C31H29F2N5O4/c1-16-19-5-3-4-6-20(19)25(33)15-37(16)30(39)27-12-29(36-13-18(14-36)42-2)38-28(34-27)11-26(35-38)21-8-7-17(9-24(21)32)22-10-23(22)31(40)41/h3-9,11-12,16,18,22-23,25H,10,13-15H2,1-2H3,(H,40,41)/t16-,22-,23+,25?/m1/s1. The molecule has 4 aromatic rings. The highest BCUT2D eigenvalue weighted by molar-refractivity contribution is 5.94. The van der Waals surface area contributed by atoms with Gasteiger partial charge in [0.15, 0.2) is 5.65 Å². The highest BCUT2D eigenvalue weighted by Crippen LogP contribution is 2.48. The van der Waals surface area contributed by atoms with Gasteiger partial charge in [-0.2, -0.15) is 9.61 Å². The molecule has 11 heteroatoms. The second-order valence-electron chi connectivity index (χ2n) is 11.3. The number of carboxylic acid groups (broad SMARTS) is 1. The van der Waals surface area contributed by atoms with Crippen molar-refractivity contribution in [2.75, 3.05) is 31.6 Å². The molecule has 7 rings (SSSR count). The summed E-state index contributed by atoms with van der Waals surface area (Å²) in [6.07, 6.45) is -0.790. The van der Waals surface area contributed by atoms with Crippen molar-refractivity contribution in [3.63, 3.8) is 0 Å². The van der Waals surface area contributed by atoms with Crippen molar-refractivity contribution in [2.45, 2.75) is 37.6 Å². The van der Waals surface area contributed by atoms with Crippen LogP contribution in [0.25, 0.3) is 16.9 Å². The first kappa shape index (κ1) is 26.5. The molecular weight excluding hydrogens is 544 g/mol. The number of fused-ring (bicyclic) bond motifs is 2. The molecule has 2 aromatic heterocycles. The van der Waals surface area contributed by atoms with E-state index >= 15 is 8.78 Å². The average molecular weight is 574 g/mol. The van der Waals surface area contributed by atoms with Crippen LogP contribution < -0.4 is 4.90 Å². The van der Waals surface area contributed by atoms with E-state index in [1.54, 1.807) is 48.0 Å². The van der Waals surface area contributed by atoms with Crippen molar-refractivity contribution in [2.24, 2.45) is 5.92 Å². The van der Waals surface area contributed by atoms with Gasteiger partial charge in [0.2, 0.25) is 0 Å². The largest absolute Gasteiger partial charge is 0.481 e. The lowest BCUT2D eigenvalue weighted by Crippen LogP contribution is -2.52. The van der Waals surface area contributed by atoms with Gasteiger partial charge in [-0.25, -0.2) is 13.8 Å². The van der Waals surface area contributed by atoms with Gasteiger partial charge in [-0.3, -0.25) is 9.59 Å². The number of aliphatic carboxylic acids is 1. The van der Waals surface area contributed by atoms with Crippen molar-refractivity contribution >= 4 is 23.3 Å². The number of carboxylic acids is 1. The van der Waals surface area contributed by atoms with Gasteiger partial charge in [-0.15, -0.1) is 0 Å². The first-order valence-corrected chi connectivity index (χ1v) is 14.0. The average Bonchev–Trinajstić information content (AvgIpc) is 3.66. The number of carbonyl (C=O) groups excluding carboxylic acids is 1. The van der Waals surface area contributed by atoms with Crippen LogP contribution in [0.15, 0.2) is 54.6 Å². The summed E-state index contributed by atoms with van der Waals surface area (Å²) in [5, 5.41) is 13.9. The molecule has 1 aliphatic carbocycles. The van der Waals surface area contributed by atoms with Gasteiger partial charge in [-0.1, -0.05) is 30.3 Å². The highest BCUT2D eigenvalue weighted by Gasteiger charge is 2.44. The van der Waals surface area contributed by atoms with Gasteiger partial charge in [-0.05, 0) is 48.1 Å². The van der Waals surface area contributed by atoms with Gasteiger partial charge in [0, 0.05) is 37.9 Å². The zero-order valence-electron chi connectivity index (χ0n) is 23.1. The van der Waals surface area contributed by atoms with E-state index in [0.717, 1.165) is 5.56 Å². The summed E-state index contributed by atoms with van der Waals surface area (Å²) >= 11 is 0. The molecule has 4 heterocycles. The van der Waals surface area contributed by atoms with Crippen molar-refractivity contribution in [1.29, 1.82) is 0 Å². The summed E-state index contributed by atoms with van der Waals surface area (Å²) in [5.41, 5.74) is 3.08. The van der Waals surface area contributed by atoms with Gasteiger partial charge in [0.25, 0.3) is 5.91 Å². The second-order valence-corrected chi connectivity index (χ2v) is 11.3. The smallest absolute Gasteiger partial charge is 0.307 e. The summed E-state index contributed by atoms with van der Waals surface area (Å²) in [6, 6.07) is 14.9. The number of nitrogens with zero attached hydrogens (tertiary/aromatic N) is 5. The molecule has 0 radical (unpaired) electrons. The zero-order chi connectivity index (χ0) is 29.3. The molecule has 0 spiro atoms. The van der Waals surface area contributed by atoms with Crippen LogP contribution in [0, 0.1) is 11.7 Å². The molecule has 42 heavy (non-hydrogen) atoms. The number of amides is 1. The fourth-order valence-electron chi connectivity index (χ4n) is 6.18. The topological polar surface area (TPSA) is 100 Å². The fourth-order valence-corrected chi connectivity index (χ4v) is 6.18. The van der Waals surface area contributed by atoms with E-state index in [4.69, 9.17) is 4.74 Å². The maximum Gasteiger partial charge on any atom is 0.307 e. The van der Waals surface area contributed by atoms with E-state index in [1.165, 1.54) is 11.0 Å². The number of ether oxygens (including phenoxy) is 1. The Kier molecular flexibility index (Phi) is 6.23. The Morgan fingerprint density at radius 1 is 1.05 bits per heavy atom. The summed E-state index contributed by atoms with van der Waals surface area (Å²) < 4.78 is 37.5. The minimum atomic E-state index is -1.31. The van der Waals surface area contributed by atoms with Crippen LogP contribution in [0.1, 0.15) is 58.7 Å². The molecule has 1 saturated heterocycles. The Morgan fingerprint density at radius 3 is 2.50 bits per heavy atom. The van der Waals surface area contributed by atoms with E-state index < -0.39 is 29.8 Å². The molecule has 2 fully saturated rings. The molecule has 2 aromatic carbocycles. The lowest BCUT2D eigenvalue weighted by atomic mass is 9.92. The van der Waals surface area contributed by atoms with Crippen molar-refractivity contribution in [3.05, 3.63) is 82.8 Å². The van der Waals surface area contributed by atoms with Crippen LogP contribution >= 0.6 is 0 Å². The lowest BCUT2D eigenvalue weighted by molar-refractivity contribution is -0.138. The third-order valence-electron chi connectivity index (χ3n) is 8.81. The van der Waals surface area contributed by atoms with Crippen LogP contribution in [0.4, 0.5) is 14.6 Å². The number of alkyl halides is 1. The molecule has 3 aliphatic rings. The monoisotopic (exact) mass is 573 g/mol. The molecule has 1 amide bonds. The minimum Gasteiger partial charge on any atom is -0.481 e. The van der Waals surface area contributed by atoms with E-state index in [1.807, 2.05) is 24.0 Å². The first-order chi connectivity index (χ1) is 20.2. The predicted molar refractivity (Wildman–Crippen MR) is 150 cm³/mol. The number of aromatic nitrogens is 3. The summed E-state index contributed by atoms with van der Waals surface area (Å²) in [7, 11) is 1.64. The van der Waals surface area contributed by atoms with Crippen LogP contribution in [0.2, 0.25) is 0 Å². The van der Waals surface area contributed by atoms with Gasteiger partial charge in [0.05, 0.1) is 30.3 Å². The lowest BCUT2D eigenvalue weighted by Gasteiger charge is -2.40. The van der Waals surface area contributed by atoms with Gasteiger partial charge >= 0.3 is 5.97 Å². The molecule has 2 aliphatic heterocycles. The number of hydrogen-bond donors (Lipinski definition) is 1. The van der Waals surface area contributed by atoms with Crippen LogP contribution in [-0.4, -0.2) is 69.3 Å². The Hall–Kier alpha value is -4.38. The van der Waals surface area contributed by atoms with Crippen molar-refractivity contribution < 1.29 is 28.2 Å². The van der Waals surface area contributed by atoms with E-state index in [0.29, 0.717) is 47.8 Å². The SMILES string of the molecule is COC1CN(c2cc(C(=O)N3CC(F)c4ccccc4[C@H]3C)nc3cc(-c4ccc([C@H]5C[C@@H]5C(=O)O)cc4F)nn23)C1. The maximum absolute atomic E-state index is 15.3. The Bertz CT molecular complexity index is 1740. The summed E-state index contributed by atoms with van der Waals surface area (Å²) in [4.78, 5) is 33.2. The van der Waals surface area contributed by atoms with Crippen molar-refractivity contribution in [3.8, 4) is 11.3 Å². The van der Waals surface area contributed by atoms with Crippen LogP contribution in [0.3, 0.4) is 0 Å². The summed E-state index contributed by atoms with van der Waals surface area (Å²) in [6.45, 7) is 2.95. The molecule has 216 valence electrons. The number of rotatable bonds is 6. The maximum atomic E-state index is 15.3. The number of benzene rings is 2. The fraction of sp³-hybridized carbons (Fsp3) is 0.355. The number of anilines is 1. The van der Waals surface area contributed by atoms with Gasteiger partial charge in [0.1, 0.15) is 23.5 Å². The molecule has 9 nitrogen and oxygen atoms in total. The Labute approximate surface area is 240 Å². The van der Waals surface area contributed by atoms with Crippen molar-refractivity contribution in [1.82, 2.24) is 19.5 Å². The van der Waals surface area contributed by atoms with E-state index in [2.05, 4.69) is 10.1 Å². The third-order valence-corrected chi connectivity index (χ3v) is 8.81. The first-order valence-electron chi connectivity index (χ1n) is 14.0. The number of halogens is 2. The molecule has 1 saturated carbocycles. The van der Waals surface area contributed by atoms with Crippen LogP contribution in [0.5, 0.6) is 0 Å². The number of hydrogen-bond acceptors (Lipinski definition) is 6. The quantitative estimate of drug-likeness (QED) is 0.354. The molecule has 0 bridgehead atoms.